The SMILES string of the molecule is Cc1noc(C)c1S(=O)(=O)Nc1ccc2cc1CCc1cccc(c1)Nc1ncc(Cl)c(n1)N2.O=CC(F)(F)F. The van der Waals surface area contributed by atoms with Crippen LogP contribution in [-0.4, -0.2) is 36.0 Å². The van der Waals surface area contributed by atoms with Crippen molar-refractivity contribution in [2.24, 2.45) is 0 Å². The molecule has 4 aromatic rings. The molecule has 2 aromatic heterocycles. The first-order valence-corrected chi connectivity index (χ1v) is 13.5. The number of fused-ring (bicyclic) bond motifs is 6. The van der Waals surface area contributed by atoms with Crippen LogP contribution in [0.15, 0.2) is 58.1 Å². The Morgan fingerprint density at radius 3 is 2.48 bits per heavy atom. The summed E-state index contributed by atoms with van der Waals surface area (Å²) in [6.45, 7) is 3.17. The number of aldehydes is 1. The predicted molar refractivity (Wildman–Crippen MR) is 143 cm³/mol. The summed E-state index contributed by atoms with van der Waals surface area (Å²) >= 11 is 6.32. The highest BCUT2D eigenvalue weighted by atomic mass is 35.5. The van der Waals surface area contributed by atoms with Crippen molar-refractivity contribution in [3.63, 3.8) is 0 Å². The van der Waals surface area contributed by atoms with E-state index in [0.717, 1.165) is 16.8 Å². The highest BCUT2D eigenvalue weighted by Crippen LogP contribution is 2.31. The number of rotatable bonds is 3. The van der Waals surface area contributed by atoms with E-state index in [-0.39, 0.29) is 10.7 Å². The zero-order valence-corrected chi connectivity index (χ0v) is 22.6. The molecule has 0 unspecified atom stereocenters. The van der Waals surface area contributed by atoms with Gasteiger partial charge in [0.25, 0.3) is 10.0 Å². The highest BCUT2D eigenvalue weighted by Gasteiger charge is 2.26. The fourth-order valence-electron chi connectivity index (χ4n) is 3.90. The minimum Gasteiger partial charge on any atom is -0.360 e. The average molecular weight is 595 g/mol. The maximum Gasteiger partial charge on any atom is 0.446 e. The minimum absolute atomic E-state index is 0.0469. The summed E-state index contributed by atoms with van der Waals surface area (Å²) in [5.41, 5.74) is 4.23. The molecule has 0 saturated heterocycles. The van der Waals surface area contributed by atoms with Gasteiger partial charge in [0.1, 0.15) is 10.7 Å². The Morgan fingerprint density at radius 1 is 1.07 bits per heavy atom. The maximum atomic E-state index is 13.1. The number of alkyl halides is 3. The van der Waals surface area contributed by atoms with Crippen LogP contribution in [0.1, 0.15) is 22.6 Å². The lowest BCUT2D eigenvalue weighted by Gasteiger charge is -2.15. The molecule has 1 aliphatic rings. The Hall–Kier alpha value is -4.17. The summed E-state index contributed by atoms with van der Waals surface area (Å²) in [6.07, 6.45) is -2.89. The first-order valence-electron chi connectivity index (χ1n) is 11.6. The number of hydrogen-bond acceptors (Lipinski definition) is 9. The van der Waals surface area contributed by atoms with Crippen molar-refractivity contribution in [2.75, 3.05) is 15.4 Å². The molecule has 3 heterocycles. The van der Waals surface area contributed by atoms with Gasteiger partial charge in [-0.25, -0.2) is 13.4 Å². The van der Waals surface area contributed by atoms with Crippen LogP contribution in [0.5, 0.6) is 0 Å². The molecule has 1 aliphatic heterocycles. The third-order valence-electron chi connectivity index (χ3n) is 5.59. The molecule has 0 radical (unpaired) electrons. The Balaban J connectivity index is 0.000000557. The fraction of sp³-hybridized carbons (Fsp3) is 0.200. The summed E-state index contributed by atoms with van der Waals surface area (Å²) < 4.78 is 65.3. The second kappa shape index (κ2) is 11.5. The van der Waals surface area contributed by atoms with Gasteiger partial charge in [0.05, 0.1) is 11.9 Å². The Labute approximate surface area is 232 Å². The van der Waals surface area contributed by atoms with E-state index in [0.29, 0.717) is 46.7 Å². The van der Waals surface area contributed by atoms with Gasteiger partial charge in [-0.05, 0) is 68.1 Å². The number of aryl methyl sites for hydroxylation is 4. The predicted octanol–water partition coefficient (Wildman–Crippen LogP) is 5.87. The van der Waals surface area contributed by atoms with Crippen LogP contribution in [0, 0.1) is 13.8 Å². The van der Waals surface area contributed by atoms with Gasteiger partial charge in [-0.3, -0.25) is 9.52 Å². The van der Waals surface area contributed by atoms with E-state index >= 15 is 0 Å². The minimum atomic E-state index is -4.64. The van der Waals surface area contributed by atoms with Crippen molar-refractivity contribution in [1.82, 2.24) is 15.1 Å². The maximum absolute atomic E-state index is 13.1. The zero-order chi connectivity index (χ0) is 29.1. The number of anilines is 5. The van der Waals surface area contributed by atoms with Crippen LogP contribution in [0.25, 0.3) is 0 Å². The standard InChI is InChI=1S/C23H21ClN6O3S.C2HF3O/c1-13-21(14(2)33-29-13)34(31,32)30-20-9-8-18-11-16(20)7-6-15-4-3-5-17(10-15)27-23-25-12-19(24)22(26-18)28-23;3-2(4,5)1-6/h3-5,8-12,30H,6-7H2,1-2H3,(H2,25,26,27,28);1H. The Kier molecular flexibility index (Phi) is 8.30. The molecular weight excluding hydrogens is 573 g/mol. The Morgan fingerprint density at radius 2 is 1.80 bits per heavy atom. The first-order chi connectivity index (χ1) is 18.8. The summed E-state index contributed by atoms with van der Waals surface area (Å²) in [5.74, 6) is 1.08. The number of carbonyl (C=O) groups is 1. The fourth-order valence-corrected chi connectivity index (χ4v) is 5.47. The molecule has 5 rings (SSSR count). The lowest BCUT2D eigenvalue weighted by molar-refractivity contribution is -0.156. The van der Waals surface area contributed by atoms with E-state index in [1.54, 1.807) is 26.0 Å². The molecular formula is C25H22ClF3N6O4S. The van der Waals surface area contributed by atoms with E-state index in [1.807, 2.05) is 30.3 Å². The molecule has 0 fully saturated rings. The number of nitrogens with one attached hydrogen (secondary N) is 3. The van der Waals surface area contributed by atoms with Crippen LogP contribution in [0.2, 0.25) is 5.02 Å². The number of hydrogen-bond donors (Lipinski definition) is 3. The van der Waals surface area contributed by atoms with E-state index < -0.39 is 22.5 Å². The topological polar surface area (TPSA) is 139 Å². The number of nitrogens with zero attached hydrogens (tertiary/aromatic N) is 3. The van der Waals surface area contributed by atoms with Gasteiger partial charge in [0, 0.05) is 11.4 Å². The van der Waals surface area contributed by atoms with E-state index in [4.69, 9.17) is 20.9 Å². The number of sulfonamides is 1. The van der Waals surface area contributed by atoms with Crippen LogP contribution >= 0.6 is 11.6 Å². The van der Waals surface area contributed by atoms with Gasteiger partial charge < -0.3 is 15.2 Å². The molecule has 2 aromatic carbocycles. The van der Waals surface area contributed by atoms with Crippen molar-refractivity contribution in [2.45, 2.75) is 37.8 Å². The highest BCUT2D eigenvalue weighted by molar-refractivity contribution is 7.92. The van der Waals surface area contributed by atoms with Crippen molar-refractivity contribution in [3.05, 3.63) is 76.3 Å². The number of carbonyl (C=O) groups excluding carboxylic acids is 1. The van der Waals surface area contributed by atoms with Gasteiger partial charge in [0.15, 0.2) is 16.5 Å². The summed E-state index contributed by atoms with van der Waals surface area (Å²) in [4.78, 5) is 17.5. The van der Waals surface area contributed by atoms with Gasteiger partial charge in [-0.2, -0.15) is 18.2 Å². The molecule has 10 nitrogen and oxygen atoms in total. The van der Waals surface area contributed by atoms with Crippen LogP contribution < -0.4 is 15.4 Å². The lowest BCUT2D eigenvalue weighted by Crippen LogP contribution is -2.16. The second-order valence-corrected chi connectivity index (χ2v) is 10.7. The second-order valence-electron chi connectivity index (χ2n) is 8.63. The zero-order valence-electron chi connectivity index (χ0n) is 21.0. The summed E-state index contributed by atoms with van der Waals surface area (Å²) in [7, 11) is -3.89. The van der Waals surface area contributed by atoms with Gasteiger partial charge in [0.2, 0.25) is 12.2 Å². The molecule has 0 spiro atoms. The number of halogens is 4. The summed E-state index contributed by atoms with van der Waals surface area (Å²) in [5, 5.41) is 10.5. The third-order valence-corrected chi connectivity index (χ3v) is 7.48. The molecule has 0 amide bonds. The largest absolute Gasteiger partial charge is 0.446 e. The van der Waals surface area contributed by atoms with Gasteiger partial charge >= 0.3 is 6.18 Å². The monoisotopic (exact) mass is 594 g/mol. The van der Waals surface area contributed by atoms with Crippen LogP contribution in [0.4, 0.5) is 42.0 Å². The molecule has 6 bridgehead atoms. The van der Waals surface area contributed by atoms with Gasteiger partial charge in [-0.1, -0.05) is 28.9 Å². The summed E-state index contributed by atoms with van der Waals surface area (Å²) in [6, 6.07) is 13.3. The molecule has 0 saturated carbocycles. The first kappa shape index (κ1) is 28.8. The smallest absolute Gasteiger partial charge is 0.360 e. The Bertz CT molecular complexity index is 1640. The van der Waals surface area contributed by atoms with E-state index in [1.165, 1.54) is 6.20 Å². The van der Waals surface area contributed by atoms with Crippen LogP contribution in [-0.2, 0) is 27.7 Å². The molecule has 0 aliphatic carbocycles. The normalized spacial score (nSPS) is 12.8. The lowest BCUT2D eigenvalue weighted by atomic mass is 10.0. The van der Waals surface area contributed by atoms with Crippen molar-refractivity contribution < 1.29 is 30.9 Å². The molecule has 15 heteroatoms. The van der Waals surface area contributed by atoms with Crippen LogP contribution in [0.3, 0.4) is 0 Å². The molecule has 210 valence electrons. The van der Waals surface area contributed by atoms with Crippen molar-refractivity contribution in [3.8, 4) is 0 Å². The third kappa shape index (κ3) is 7.07. The quantitative estimate of drug-likeness (QED) is 0.248. The van der Waals surface area contributed by atoms with Crippen molar-refractivity contribution in [1.29, 1.82) is 0 Å². The molecule has 0 atom stereocenters. The molecule has 3 N–H and O–H groups in total. The number of aromatic nitrogens is 3. The van der Waals surface area contributed by atoms with E-state index in [9.17, 15) is 21.6 Å². The number of benzene rings is 2. The average Bonchev–Trinajstić information content (AvgIpc) is 3.24. The van der Waals surface area contributed by atoms with Gasteiger partial charge in [-0.15, -0.1) is 0 Å². The molecule has 40 heavy (non-hydrogen) atoms. The van der Waals surface area contributed by atoms with E-state index in [2.05, 4.69) is 30.5 Å². The van der Waals surface area contributed by atoms with Crippen molar-refractivity contribution >= 4 is 56.7 Å².